The molecule has 0 saturated heterocycles. The minimum absolute atomic E-state index is 0.101. The van der Waals surface area contributed by atoms with Crippen molar-refractivity contribution in [1.29, 1.82) is 0 Å². The van der Waals surface area contributed by atoms with Crippen LogP contribution in [0.3, 0.4) is 0 Å². The lowest BCUT2D eigenvalue weighted by molar-refractivity contribution is 1.19. The molecule has 11 aromatic rings. The molecule has 0 N–H and O–H groups in total. The van der Waals surface area contributed by atoms with Gasteiger partial charge in [-0.1, -0.05) is 170 Å². The number of hydrogen-bond donors (Lipinski definition) is 0. The van der Waals surface area contributed by atoms with E-state index in [0.29, 0.717) is 22.5 Å². The zero-order valence-corrected chi connectivity index (χ0v) is 31.1. The molecular formula is C56H38N2. The Hall–Kier alpha value is -7.68. The van der Waals surface area contributed by atoms with Crippen LogP contribution in [0.5, 0.6) is 0 Å². The molecule has 0 fully saturated rings. The zero-order valence-electron chi connectivity index (χ0n) is 41.1. The second-order valence-corrected chi connectivity index (χ2v) is 14.2. The topological polar surface area (TPSA) is 8.17 Å². The molecule has 0 unspecified atom stereocenters. The highest BCUT2D eigenvalue weighted by atomic mass is 15.1. The molecule has 0 amide bonds. The highest BCUT2D eigenvalue weighted by molar-refractivity contribution is 6.12. The van der Waals surface area contributed by atoms with E-state index < -0.39 is 36.3 Å². The fourth-order valence-corrected chi connectivity index (χ4v) is 8.24. The molecule has 0 saturated carbocycles. The minimum Gasteiger partial charge on any atom is -0.310 e. The lowest BCUT2D eigenvalue weighted by Crippen LogP contribution is -2.10. The quantitative estimate of drug-likeness (QED) is 0.158. The third-order valence-corrected chi connectivity index (χ3v) is 10.9. The first kappa shape index (κ1) is 24.8. The van der Waals surface area contributed by atoms with E-state index in [1.165, 1.54) is 10.8 Å². The van der Waals surface area contributed by atoms with Crippen LogP contribution in [0.1, 0.15) is 13.7 Å². The number of benzene rings is 10. The average molecular weight is 749 g/mol. The lowest BCUT2D eigenvalue weighted by atomic mass is 9.95. The molecule has 0 atom stereocenters. The number of anilines is 3. The van der Waals surface area contributed by atoms with Gasteiger partial charge in [0.1, 0.15) is 0 Å². The van der Waals surface area contributed by atoms with Crippen LogP contribution in [0.15, 0.2) is 230 Å². The molecule has 0 aliphatic carbocycles. The van der Waals surface area contributed by atoms with Gasteiger partial charge in [-0.2, -0.15) is 0 Å². The summed E-state index contributed by atoms with van der Waals surface area (Å²) in [5.74, 6) is 0. The molecule has 0 aliphatic heterocycles. The molecule has 0 aliphatic rings. The first-order chi connectivity index (χ1) is 32.9. The van der Waals surface area contributed by atoms with Crippen LogP contribution in [-0.4, -0.2) is 4.57 Å². The van der Waals surface area contributed by atoms with Gasteiger partial charge in [0, 0.05) is 33.2 Å². The maximum absolute atomic E-state index is 8.63. The first-order valence-electron chi connectivity index (χ1n) is 24.1. The van der Waals surface area contributed by atoms with Crippen LogP contribution >= 0.6 is 0 Å². The second-order valence-electron chi connectivity index (χ2n) is 14.2. The van der Waals surface area contributed by atoms with E-state index in [1.54, 1.807) is 24.3 Å². The van der Waals surface area contributed by atoms with E-state index in [1.807, 2.05) is 42.5 Å². The molecular weight excluding hydrogens is 701 g/mol. The first-order valence-corrected chi connectivity index (χ1v) is 19.1. The molecule has 0 spiro atoms. The SMILES string of the molecule is [2H]c1c([2H])c([2H])c(-c2ccc(N(c3ccc(-c4c([2H])c([2H])c([2H])c([2H])c4[2H])cc3)c3cccc4c(-c5ccc6c(c5)c5ccccc5n6-c5ccc6ccccc6c5)cccc34)cc2)c([2H])c1[2H]. The minimum atomic E-state index is -0.457. The zero-order chi connectivity index (χ0) is 47.1. The van der Waals surface area contributed by atoms with Crippen LogP contribution in [0.4, 0.5) is 17.1 Å². The Morgan fingerprint density at radius 1 is 0.362 bits per heavy atom. The van der Waals surface area contributed by atoms with Gasteiger partial charge in [0.2, 0.25) is 0 Å². The number of para-hydroxylation sites is 1. The number of fused-ring (bicyclic) bond motifs is 5. The van der Waals surface area contributed by atoms with E-state index in [2.05, 4.69) is 113 Å². The summed E-state index contributed by atoms with van der Waals surface area (Å²) in [4.78, 5) is 2.06. The van der Waals surface area contributed by atoms with Gasteiger partial charge in [-0.05, 0) is 110 Å². The summed E-state index contributed by atoms with van der Waals surface area (Å²) in [5, 5.41) is 6.56. The molecule has 58 heavy (non-hydrogen) atoms. The highest BCUT2D eigenvalue weighted by Gasteiger charge is 2.19. The van der Waals surface area contributed by atoms with Crippen LogP contribution in [-0.2, 0) is 0 Å². The monoisotopic (exact) mass is 748 g/mol. The third kappa shape index (κ3) is 5.82. The summed E-state index contributed by atoms with van der Waals surface area (Å²) in [5.41, 5.74) is 8.71. The van der Waals surface area contributed by atoms with Crippen molar-refractivity contribution in [3.63, 3.8) is 0 Å². The van der Waals surface area contributed by atoms with E-state index >= 15 is 0 Å². The van der Waals surface area contributed by atoms with E-state index in [-0.39, 0.29) is 35.3 Å². The summed E-state index contributed by atoms with van der Waals surface area (Å²) in [6, 6.07) is 53.2. The van der Waals surface area contributed by atoms with Crippen molar-refractivity contribution >= 4 is 60.4 Å². The summed E-state index contributed by atoms with van der Waals surface area (Å²) in [6.07, 6.45) is 0. The molecule has 2 heteroatoms. The van der Waals surface area contributed by atoms with Gasteiger partial charge in [-0.15, -0.1) is 0 Å². The van der Waals surface area contributed by atoms with Crippen molar-refractivity contribution in [2.75, 3.05) is 4.90 Å². The predicted octanol–water partition coefficient (Wildman–Crippen LogP) is 15.6. The van der Waals surface area contributed by atoms with E-state index in [0.717, 1.165) is 55.1 Å². The fourth-order valence-electron chi connectivity index (χ4n) is 8.24. The maximum atomic E-state index is 8.63. The average Bonchev–Trinajstić information content (AvgIpc) is 3.70. The molecule has 0 radical (unpaired) electrons. The molecule has 11 rings (SSSR count). The fraction of sp³-hybridized carbons (Fsp3) is 0. The van der Waals surface area contributed by atoms with Crippen molar-refractivity contribution in [3.05, 3.63) is 230 Å². The second kappa shape index (κ2) is 14.1. The van der Waals surface area contributed by atoms with Crippen molar-refractivity contribution in [2.24, 2.45) is 0 Å². The molecule has 10 aromatic carbocycles. The van der Waals surface area contributed by atoms with Crippen molar-refractivity contribution in [3.8, 4) is 39.1 Å². The Bertz CT molecular complexity index is 3690. The van der Waals surface area contributed by atoms with Gasteiger partial charge in [-0.25, -0.2) is 0 Å². The van der Waals surface area contributed by atoms with Crippen molar-refractivity contribution in [1.82, 2.24) is 4.57 Å². The Kier molecular flexibility index (Phi) is 6.02. The standard InChI is InChI=1S/C56H38N2/c1-3-13-39(14-4-1)42-25-31-46(32-26-42)57(47-33-27-43(28-34-47)40-15-5-2-6-16-40)54-24-12-21-50-49(20-11-22-51(50)54)45-30-36-56-53(38-45)52-19-9-10-23-55(52)58(56)48-35-29-41-17-7-8-18-44(41)37-48/h1-38H/i1D,2D,3D,4D,5D,6D,13D,14D,15D,16D. The summed E-state index contributed by atoms with van der Waals surface area (Å²) in [7, 11) is 0. The van der Waals surface area contributed by atoms with Gasteiger partial charge in [0.05, 0.1) is 30.4 Å². The highest BCUT2D eigenvalue weighted by Crippen LogP contribution is 2.43. The van der Waals surface area contributed by atoms with Gasteiger partial charge in [0.25, 0.3) is 0 Å². The Morgan fingerprint density at radius 3 is 1.64 bits per heavy atom. The van der Waals surface area contributed by atoms with Gasteiger partial charge >= 0.3 is 0 Å². The van der Waals surface area contributed by atoms with Crippen molar-refractivity contribution < 1.29 is 13.7 Å². The van der Waals surface area contributed by atoms with Crippen molar-refractivity contribution in [2.45, 2.75) is 0 Å². The lowest BCUT2D eigenvalue weighted by Gasteiger charge is -2.27. The molecule has 1 aromatic heterocycles. The number of rotatable bonds is 7. The molecule has 272 valence electrons. The smallest absolute Gasteiger partial charge is 0.0629 e. The van der Waals surface area contributed by atoms with Gasteiger partial charge in [0.15, 0.2) is 0 Å². The van der Waals surface area contributed by atoms with E-state index in [4.69, 9.17) is 13.7 Å². The maximum Gasteiger partial charge on any atom is 0.0629 e. The Morgan fingerprint density at radius 2 is 0.931 bits per heavy atom. The summed E-state index contributed by atoms with van der Waals surface area (Å²) >= 11 is 0. The molecule has 1 heterocycles. The predicted molar refractivity (Wildman–Crippen MR) is 247 cm³/mol. The van der Waals surface area contributed by atoms with Crippen LogP contribution in [0.25, 0.3) is 82.4 Å². The number of hydrogen-bond acceptors (Lipinski definition) is 1. The Labute approximate surface area is 352 Å². The largest absolute Gasteiger partial charge is 0.310 e. The normalized spacial score (nSPS) is 13.9. The Balaban J connectivity index is 1.07. The van der Waals surface area contributed by atoms with Gasteiger partial charge < -0.3 is 9.47 Å². The summed E-state index contributed by atoms with van der Waals surface area (Å²) < 4.78 is 86.2. The van der Waals surface area contributed by atoms with Crippen LogP contribution < -0.4 is 4.90 Å². The van der Waals surface area contributed by atoms with Crippen LogP contribution in [0, 0.1) is 0 Å². The third-order valence-electron chi connectivity index (χ3n) is 10.9. The summed E-state index contributed by atoms with van der Waals surface area (Å²) in [6.45, 7) is 0. The molecule has 2 nitrogen and oxygen atoms in total. The number of aromatic nitrogens is 1. The van der Waals surface area contributed by atoms with Crippen LogP contribution in [0.2, 0.25) is 0 Å². The molecule has 0 bridgehead atoms. The van der Waals surface area contributed by atoms with E-state index in [9.17, 15) is 0 Å². The van der Waals surface area contributed by atoms with Gasteiger partial charge in [-0.3, -0.25) is 0 Å². The number of nitrogens with zero attached hydrogens (tertiary/aromatic N) is 2.